The van der Waals surface area contributed by atoms with Gasteiger partial charge >= 0.3 is 0 Å². The fourth-order valence-corrected chi connectivity index (χ4v) is 5.02. The molecule has 3 atom stereocenters. The summed E-state index contributed by atoms with van der Waals surface area (Å²) in [7, 11) is 0. The molecular formula is C26H23ClN4O2. The van der Waals surface area contributed by atoms with Crippen molar-refractivity contribution in [3.63, 3.8) is 0 Å². The minimum atomic E-state index is -0.0811. The van der Waals surface area contributed by atoms with Gasteiger partial charge in [0.2, 0.25) is 0 Å². The Kier molecular flexibility index (Phi) is 5.09. The van der Waals surface area contributed by atoms with Crippen LogP contribution < -0.4 is 5.32 Å². The first-order valence-electron chi connectivity index (χ1n) is 11.2. The molecule has 1 aromatic heterocycles. The van der Waals surface area contributed by atoms with Gasteiger partial charge in [-0.3, -0.25) is 0 Å². The number of hydrogen-bond acceptors (Lipinski definition) is 5. The zero-order valence-electron chi connectivity index (χ0n) is 18.2. The minimum Gasteiger partial charge on any atom is -0.469 e. The van der Waals surface area contributed by atoms with Gasteiger partial charge in [-0.05, 0) is 66.5 Å². The summed E-state index contributed by atoms with van der Waals surface area (Å²) in [5.74, 6) is 7.64. The highest BCUT2D eigenvalue weighted by Gasteiger charge is 2.33. The Morgan fingerprint density at radius 2 is 2.09 bits per heavy atom. The Bertz CT molecular complexity index is 1290. The lowest BCUT2D eigenvalue weighted by molar-refractivity contribution is 0.0503. The average molecular weight is 459 g/mol. The SMILES string of the molecule is Cc1nnn2c1C1C#CC=C(C3=CC=C4OCOC4C3)C=C1C(Nc1ccc(Cl)cc1)CC2. The van der Waals surface area contributed by atoms with Crippen molar-refractivity contribution < 1.29 is 9.47 Å². The molecule has 0 spiro atoms. The second-order valence-electron chi connectivity index (χ2n) is 8.62. The van der Waals surface area contributed by atoms with Gasteiger partial charge in [-0.2, -0.15) is 0 Å². The molecule has 1 N–H and O–H groups in total. The van der Waals surface area contributed by atoms with Gasteiger partial charge in [-0.25, -0.2) is 4.68 Å². The van der Waals surface area contributed by atoms with Crippen molar-refractivity contribution in [1.82, 2.24) is 15.0 Å². The number of allylic oxidation sites excluding steroid dienone is 5. The third-order valence-corrected chi connectivity index (χ3v) is 6.84. The molecule has 4 aliphatic rings. The van der Waals surface area contributed by atoms with Gasteiger partial charge in [-0.1, -0.05) is 40.8 Å². The van der Waals surface area contributed by atoms with Gasteiger partial charge in [-0.15, -0.1) is 5.10 Å². The summed E-state index contributed by atoms with van der Waals surface area (Å²) in [6.45, 7) is 3.11. The first kappa shape index (κ1) is 20.3. The highest BCUT2D eigenvalue weighted by atomic mass is 35.5. The van der Waals surface area contributed by atoms with Gasteiger partial charge in [0, 0.05) is 23.7 Å². The smallest absolute Gasteiger partial charge is 0.189 e. The summed E-state index contributed by atoms with van der Waals surface area (Å²) in [5.41, 5.74) is 6.58. The quantitative estimate of drug-likeness (QED) is 0.677. The molecule has 1 aromatic carbocycles. The molecule has 2 aromatic rings. The predicted molar refractivity (Wildman–Crippen MR) is 127 cm³/mol. The molecule has 7 heteroatoms. The van der Waals surface area contributed by atoms with Crippen molar-refractivity contribution in [2.24, 2.45) is 0 Å². The van der Waals surface area contributed by atoms with Gasteiger partial charge < -0.3 is 14.8 Å². The highest BCUT2D eigenvalue weighted by molar-refractivity contribution is 6.30. The van der Waals surface area contributed by atoms with E-state index in [9.17, 15) is 0 Å². The van der Waals surface area contributed by atoms with Crippen LogP contribution in [0, 0.1) is 18.8 Å². The topological polar surface area (TPSA) is 61.2 Å². The molecule has 166 valence electrons. The van der Waals surface area contributed by atoms with Crippen LogP contribution in [-0.4, -0.2) is 33.9 Å². The van der Waals surface area contributed by atoms with Crippen LogP contribution in [0.4, 0.5) is 5.69 Å². The second-order valence-corrected chi connectivity index (χ2v) is 9.06. The van der Waals surface area contributed by atoms with Crippen LogP contribution in [0.25, 0.3) is 0 Å². The van der Waals surface area contributed by atoms with Crippen molar-refractivity contribution in [3.8, 4) is 11.8 Å². The fourth-order valence-electron chi connectivity index (χ4n) is 4.89. The Morgan fingerprint density at radius 1 is 1.21 bits per heavy atom. The van der Waals surface area contributed by atoms with Crippen molar-refractivity contribution >= 4 is 17.3 Å². The molecule has 2 aliphatic carbocycles. The van der Waals surface area contributed by atoms with Crippen molar-refractivity contribution in [3.05, 3.63) is 87.5 Å². The summed E-state index contributed by atoms with van der Waals surface area (Å²) in [6.07, 6.45) is 10.1. The molecule has 0 saturated carbocycles. The average Bonchev–Trinajstić information content (AvgIpc) is 3.33. The molecule has 33 heavy (non-hydrogen) atoms. The van der Waals surface area contributed by atoms with E-state index >= 15 is 0 Å². The summed E-state index contributed by atoms with van der Waals surface area (Å²) in [4.78, 5) is 0. The largest absolute Gasteiger partial charge is 0.469 e. The van der Waals surface area contributed by atoms with Crippen LogP contribution >= 0.6 is 11.6 Å². The maximum atomic E-state index is 6.11. The van der Waals surface area contributed by atoms with E-state index in [-0.39, 0.29) is 18.1 Å². The summed E-state index contributed by atoms with van der Waals surface area (Å²) in [6, 6.07) is 7.94. The highest BCUT2D eigenvalue weighted by Crippen LogP contribution is 2.38. The van der Waals surface area contributed by atoms with E-state index in [0.29, 0.717) is 6.79 Å². The number of aromatic nitrogens is 3. The molecule has 0 bridgehead atoms. The molecule has 2 aliphatic heterocycles. The molecule has 6 rings (SSSR count). The third kappa shape index (κ3) is 3.78. The van der Waals surface area contributed by atoms with E-state index < -0.39 is 0 Å². The summed E-state index contributed by atoms with van der Waals surface area (Å²) in [5, 5.41) is 13.2. The molecule has 3 unspecified atom stereocenters. The van der Waals surface area contributed by atoms with E-state index in [4.69, 9.17) is 21.1 Å². The van der Waals surface area contributed by atoms with Gasteiger partial charge in [0.05, 0.1) is 23.3 Å². The van der Waals surface area contributed by atoms with Crippen LogP contribution in [-0.2, 0) is 16.0 Å². The molecule has 3 heterocycles. The maximum Gasteiger partial charge on any atom is 0.189 e. The number of fused-ring (bicyclic) bond motifs is 4. The van der Waals surface area contributed by atoms with Crippen LogP contribution in [0.15, 0.2) is 71.0 Å². The van der Waals surface area contributed by atoms with Crippen LogP contribution in [0.1, 0.15) is 30.1 Å². The van der Waals surface area contributed by atoms with E-state index in [1.807, 2.05) is 48.0 Å². The molecule has 0 radical (unpaired) electrons. The lowest BCUT2D eigenvalue weighted by atomic mass is 9.86. The van der Waals surface area contributed by atoms with Gasteiger partial charge in [0.15, 0.2) is 6.79 Å². The molecule has 0 amide bonds. The standard InChI is InChI=1S/C26H23ClN4O2/c1-16-26-21-4-2-3-17(18-5-10-24-25(14-18)33-15-32-24)13-22(21)23(11-12-31(26)30-29-16)28-20-8-6-19(27)7-9-20/h3,5-10,13,21,23,25,28H,11-12,14-15H2,1H3. The van der Waals surface area contributed by atoms with E-state index in [0.717, 1.165) is 52.8 Å². The number of nitrogens with zero attached hydrogens (tertiary/aromatic N) is 3. The monoisotopic (exact) mass is 458 g/mol. The number of hydrogen-bond donors (Lipinski definition) is 1. The lowest BCUT2D eigenvalue weighted by Crippen LogP contribution is -2.25. The Labute approximate surface area is 197 Å². The van der Waals surface area contributed by atoms with Crippen LogP contribution in [0.3, 0.4) is 0 Å². The first-order chi connectivity index (χ1) is 16.2. The zero-order valence-corrected chi connectivity index (χ0v) is 19.0. The van der Waals surface area contributed by atoms with E-state index in [1.54, 1.807) is 0 Å². The summed E-state index contributed by atoms with van der Waals surface area (Å²) >= 11 is 6.11. The van der Waals surface area contributed by atoms with E-state index in [2.05, 4.69) is 39.6 Å². The number of anilines is 1. The molecule has 6 nitrogen and oxygen atoms in total. The number of rotatable bonds is 3. The number of halogens is 1. The molecule has 1 saturated heterocycles. The lowest BCUT2D eigenvalue weighted by Gasteiger charge is -2.25. The Hall–Kier alpha value is -3.27. The maximum absolute atomic E-state index is 6.11. The fraction of sp³-hybridized carbons (Fsp3) is 0.308. The number of ether oxygens (including phenoxy) is 2. The zero-order chi connectivity index (χ0) is 22.4. The Morgan fingerprint density at radius 3 is 2.97 bits per heavy atom. The van der Waals surface area contributed by atoms with Gasteiger partial charge in [0.1, 0.15) is 11.9 Å². The Balaban J connectivity index is 1.40. The summed E-state index contributed by atoms with van der Waals surface area (Å²) < 4.78 is 13.3. The van der Waals surface area contributed by atoms with Crippen LogP contribution in [0.5, 0.6) is 0 Å². The number of nitrogens with one attached hydrogen (secondary N) is 1. The molecule has 1 fully saturated rings. The molecular weight excluding hydrogens is 436 g/mol. The van der Waals surface area contributed by atoms with Crippen LogP contribution in [0.2, 0.25) is 5.02 Å². The normalized spacial score (nSPS) is 25.3. The number of benzene rings is 1. The third-order valence-electron chi connectivity index (χ3n) is 6.59. The van der Waals surface area contributed by atoms with Gasteiger partial charge in [0.25, 0.3) is 0 Å². The van der Waals surface area contributed by atoms with Crippen molar-refractivity contribution in [2.75, 3.05) is 12.1 Å². The minimum absolute atomic E-state index is 0.0127. The van der Waals surface area contributed by atoms with Crippen molar-refractivity contribution in [1.29, 1.82) is 0 Å². The second kappa shape index (κ2) is 8.26. The van der Waals surface area contributed by atoms with Crippen molar-refractivity contribution in [2.45, 2.75) is 44.4 Å². The first-order valence-corrected chi connectivity index (χ1v) is 11.5. The predicted octanol–water partition coefficient (Wildman–Crippen LogP) is 4.66. The van der Waals surface area contributed by atoms with E-state index in [1.165, 1.54) is 11.1 Å². The number of aryl methyl sites for hydroxylation is 2.